The average Bonchev–Trinajstić information content (AvgIpc) is 2.58. The number of fused-ring (bicyclic) bond motifs is 8. The van der Waals surface area contributed by atoms with E-state index in [4.69, 9.17) is 0 Å². The molecule has 0 aliphatic rings. The van der Waals surface area contributed by atoms with Gasteiger partial charge in [0.2, 0.25) is 0 Å². The molecule has 0 N–H and O–H groups in total. The quantitative estimate of drug-likeness (QED) is 0.0948. The van der Waals surface area contributed by atoms with Gasteiger partial charge in [-0.25, -0.2) is 0 Å². The molecule has 2 aromatic heterocycles. The summed E-state index contributed by atoms with van der Waals surface area (Å²) in [4.78, 5) is 5.05. The Kier molecular flexibility index (Phi) is 11.8. The summed E-state index contributed by atoms with van der Waals surface area (Å²) in [7, 11) is 0. The van der Waals surface area contributed by atoms with Crippen molar-refractivity contribution in [2.24, 2.45) is 0 Å². The van der Waals surface area contributed by atoms with Crippen LogP contribution in [0.15, 0.2) is 328 Å². The highest BCUT2D eigenvalue weighted by atomic mass is 15.2. The number of aromatic nitrogens is 2. The number of benzene rings is 14. The molecule has 0 spiro atoms. The molecular weight excluding hydrogens is 1020 g/mol. The van der Waals surface area contributed by atoms with Crippen LogP contribution >= 0.6 is 0 Å². The lowest BCUT2D eigenvalue weighted by Gasteiger charge is -2.33. The SMILES string of the molecule is c1ccc(-c2ccc(N(c3ccc4c(c3)c3ccccc3n4-c3ccccc3)c3c4ccc(-c5ccccc5)cc4c(N(c4ccccc4)c4ccc5c(c4)c4ccccc4n5-c4ccccc4)c4ccc(-c5ccccc5)cc34)cc2)cc1. The molecule has 0 fully saturated rings. The number of rotatable bonds is 11. The van der Waals surface area contributed by atoms with E-state index in [9.17, 15) is 0 Å². The third kappa shape index (κ3) is 8.22. The minimum absolute atomic E-state index is 1.05. The van der Waals surface area contributed by atoms with Gasteiger partial charge in [0.1, 0.15) is 0 Å². The highest BCUT2D eigenvalue weighted by Crippen LogP contribution is 2.54. The number of para-hydroxylation sites is 5. The van der Waals surface area contributed by atoms with Crippen molar-refractivity contribution in [1.82, 2.24) is 9.13 Å². The topological polar surface area (TPSA) is 16.3 Å². The summed E-state index contributed by atoms with van der Waals surface area (Å²) < 4.78 is 4.80. The second-order valence-corrected chi connectivity index (χ2v) is 21.6. The van der Waals surface area contributed by atoms with Crippen molar-refractivity contribution in [2.45, 2.75) is 0 Å². The van der Waals surface area contributed by atoms with Gasteiger partial charge >= 0.3 is 0 Å². The van der Waals surface area contributed by atoms with E-state index in [1.807, 2.05) is 0 Å². The predicted octanol–water partition coefficient (Wildman–Crippen LogP) is 22.1. The van der Waals surface area contributed by atoms with Crippen LogP contribution in [0.3, 0.4) is 0 Å². The molecule has 14 aromatic carbocycles. The summed E-state index contributed by atoms with van der Waals surface area (Å²) in [6, 6.07) is 120. The van der Waals surface area contributed by atoms with Gasteiger partial charge in [-0.3, -0.25) is 0 Å². The Morgan fingerprint density at radius 3 is 0.917 bits per heavy atom. The summed E-state index contributed by atoms with van der Waals surface area (Å²) >= 11 is 0. The lowest BCUT2D eigenvalue weighted by Crippen LogP contribution is -2.15. The molecule has 394 valence electrons. The Labute approximate surface area is 487 Å². The van der Waals surface area contributed by atoms with Crippen molar-refractivity contribution >= 4 is 99.3 Å². The molecule has 4 heteroatoms. The fourth-order valence-corrected chi connectivity index (χ4v) is 13.0. The van der Waals surface area contributed by atoms with Gasteiger partial charge in [0, 0.05) is 77.2 Å². The zero-order valence-corrected chi connectivity index (χ0v) is 46.0. The van der Waals surface area contributed by atoms with Gasteiger partial charge in [-0.05, 0) is 143 Å². The van der Waals surface area contributed by atoms with Crippen molar-refractivity contribution < 1.29 is 0 Å². The minimum atomic E-state index is 1.05. The van der Waals surface area contributed by atoms with E-state index in [0.29, 0.717) is 0 Å². The number of nitrogens with zero attached hydrogens (tertiary/aromatic N) is 4. The Bertz CT molecular complexity index is 5090. The zero-order valence-electron chi connectivity index (χ0n) is 46.0. The van der Waals surface area contributed by atoms with Crippen LogP contribution in [0.5, 0.6) is 0 Å². The smallest absolute Gasteiger partial charge is 0.0620 e. The van der Waals surface area contributed by atoms with E-state index in [1.165, 1.54) is 38.1 Å². The molecule has 0 bridgehead atoms. The summed E-state index contributed by atoms with van der Waals surface area (Å²) in [5, 5.41) is 9.23. The molecule has 0 saturated heterocycles. The van der Waals surface area contributed by atoms with E-state index >= 15 is 0 Å². The van der Waals surface area contributed by atoms with Gasteiger partial charge in [0.25, 0.3) is 0 Å². The average molecular weight is 1070 g/mol. The van der Waals surface area contributed by atoms with Crippen molar-refractivity contribution in [3.8, 4) is 44.8 Å². The third-order valence-electron chi connectivity index (χ3n) is 16.8. The molecule has 0 aliphatic heterocycles. The summed E-state index contributed by atoms with van der Waals surface area (Å²) in [5.74, 6) is 0. The molecule has 0 saturated carbocycles. The highest BCUT2D eigenvalue weighted by Gasteiger charge is 2.28. The summed E-state index contributed by atoms with van der Waals surface area (Å²) in [6.07, 6.45) is 0. The maximum atomic E-state index is 2.53. The molecular formula is C80H54N4. The van der Waals surface area contributed by atoms with Crippen LogP contribution in [0, 0.1) is 0 Å². The van der Waals surface area contributed by atoms with E-state index < -0.39 is 0 Å². The van der Waals surface area contributed by atoms with Crippen LogP contribution in [0.1, 0.15) is 0 Å². The first-order valence-corrected chi connectivity index (χ1v) is 28.8. The summed E-state index contributed by atoms with van der Waals surface area (Å²) in [5.41, 5.74) is 20.2. The van der Waals surface area contributed by atoms with Crippen LogP contribution in [-0.4, -0.2) is 9.13 Å². The van der Waals surface area contributed by atoms with Crippen molar-refractivity contribution in [1.29, 1.82) is 0 Å². The second kappa shape index (κ2) is 20.4. The van der Waals surface area contributed by atoms with Crippen molar-refractivity contribution in [2.75, 3.05) is 9.80 Å². The van der Waals surface area contributed by atoms with Gasteiger partial charge < -0.3 is 18.9 Å². The first kappa shape index (κ1) is 48.7. The maximum Gasteiger partial charge on any atom is 0.0620 e. The van der Waals surface area contributed by atoms with Crippen LogP contribution in [0.4, 0.5) is 34.1 Å². The van der Waals surface area contributed by atoms with Crippen LogP contribution < -0.4 is 9.80 Å². The first-order valence-electron chi connectivity index (χ1n) is 28.8. The third-order valence-corrected chi connectivity index (χ3v) is 16.8. The Morgan fingerprint density at radius 1 is 0.179 bits per heavy atom. The van der Waals surface area contributed by atoms with Crippen molar-refractivity contribution in [3.05, 3.63) is 328 Å². The van der Waals surface area contributed by atoms with Gasteiger partial charge in [0.05, 0.1) is 33.4 Å². The molecule has 16 rings (SSSR count). The van der Waals surface area contributed by atoms with Crippen LogP contribution in [0.25, 0.3) is 110 Å². The Balaban J connectivity index is 1.03. The molecule has 0 unspecified atom stereocenters. The standard InChI is InChI=1S/C80H54N4/c1-7-23-55(24-8-1)58-39-43-64(44-40-58)82(66-46-50-78-72(54-66)68-36-20-22-38-76(68)84(78)63-33-17-6-18-34-63)80-70-48-42-59(56-25-9-2-10-26-56)51-73(70)79(69-47-41-60(52-74(69)80)57-27-11-3-12-28-57)81(61-29-13-4-14-30-61)65-45-49-77-71(53-65)67-35-19-21-37-75(67)83(77)62-31-15-5-16-32-62/h1-54H. The Morgan fingerprint density at radius 2 is 0.488 bits per heavy atom. The monoisotopic (exact) mass is 1070 g/mol. The van der Waals surface area contributed by atoms with Gasteiger partial charge in [0.15, 0.2) is 0 Å². The van der Waals surface area contributed by atoms with Crippen LogP contribution in [-0.2, 0) is 0 Å². The van der Waals surface area contributed by atoms with Gasteiger partial charge in [-0.1, -0.05) is 218 Å². The first-order chi connectivity index (χ1) is 41.7. The molecule has 16 aromatic rings. The normalized spacial score (nSPS) is 11.6. The second-order valence-electron chi connectivity index (χ2n) is 21.6. The van der Waals surface area contributed by atoms with Crippen molar-refractivity contribution in [3.63, 3.8) is 0 Å². The maximum absolute atomic E-state index is 2.53. The zero-order chi connectivity index (χ0) is 55.5. The van der Waals surface area contributed by atoms with E-state index in [1.54, 1.807) is 0 Å². The fraction of sp³-hybridized carbons (Fsp3) is 0. The van der Waals surface area contributed by atoms with E-state index in [2.05, 4.69) is 347 Å². The largest absolute Gasteiger partial charge is 0.309 e. The number of hydrogen-bond acceptors (Lipinski definition) is 2. The molecule has 0 radical (unpaired) electrons. The molecule has 0 aliphatic carbocycles. The minimum Gasteiger partial charge on any atom is -0.309 e. The fourth-order valence-electron chi connectivity index (χ4n) is 13.0. The molecule has 0 atom stereocenters. The van der Waals surface area contributed by atoms with Crippen LogP contribution in [0.2, 0.25) is 0 Å². The van der Waals surface area contributed by atoms with E-state index in [0.717, 1.165) is 106 Å². The molecule has 4 nitrogen and oxygen atoms in total. The molecule has 2 heterocycles. The molecule has 0 amide bonds. The lowest BCUT2D eigenvalue weighted by atomic mass is 9.91. The molecule has 84 heavy (non-hydrogen) atoms. The van der Waals surface area contributed by atoms with Gasteiger partial charge in [-0.15, -0.1) is 0 Å². The van der Waals surface area contributed by atoms with E-state index in [-0.39, 0.29) is 0 Å². The number of anilines is 6. The van der Waals surface area contributed by atoms with Gasteiger partial charge in [-0.2, -0.15) is 0 Å². The summed E-state index contributed by atoms with van der Waals surface area (Å²) in [6.45, 7) is 0. The highest BCUT2D eigenvalue weighted by molar-refractivity contribution is 6.25. The Hall–Kier alpha value is -11.2. The predicted molar refractivity (Wildman–Crippen MR) is 356 cm³/mol. The lowest BCUT2D eigenvalue weighted by molar-refractivity contribution is 1.18. The number of hydrogen-bond donors (Lipinski definition) is 0.